The van der Waals surface area contributed by atoms with Crippen molar-refractivity contribution >= 4 is 51.5 Å². The van der Waals surface area contributed by atoms with Gasteiger partial charge in [0.05, 0.1) is 12.7 Å². The van der Waals surface area contributed by atoms with Gasteiger partial charge in [-0.25, -0.2) is 0 Å². The van der Waals surface area contributed by atoms with E-state index in [1.165, 1.54) is 0 Å². The Morgan fingerprint density at radius 3 is 2.41 bits per heavy atom. The number of carbonyl (C=O) groups excluding carboxylic acids is 2. The van der Waals surface area contributed by atoms with Crippen molar-refractivity contribution in [2.24, 2.45) is 0 Å². The molecule has 1 heterocycles. The van der Waals surface area contributed by atoms with E-state index in [9.17, 15) is 9.59 Å². The molecule has 1 amide bonds. The number of ether oxygens (including phenoxy) is 1. The van der Waals surface area contributed by atoms with Gasteiger partial charge in [0.15, 0.2) is 0 Å². The number of fused-ring (bicyclic) bond motifs is 1. The number of nitrogens with one attached hydrogen (secondary N) is 1. The molecule has 7 heteroatoms. The summed E-state index contributed by atoms with van der Waals surface area (Å²) in [5.41, 5.74) is 3.34. The zero-order valence-electron chi connectivity index (χ0n) is 17.5. The summed E-state index contributed by atoms with van der Waals surface area (Å²) in [5, 5.41) is 4.42. The first-order chi connectivity index (χ1) is 15.4. The fourth-order valence-electron chi connectivity index (χ4n) is 3.72. The van der Waals surface area contributed by atoms with Crippen LogP contribution in [0.5, 0.6) is 5.75 Å². The number of nitrogens with zero attached hydrogens (tertiary/aromatic N) is 1. The Hall–Kier alpha value is -3.28. The van der Waals surface area contributed by atoms with Crippen LogP contribution in [0.4, 0.5) is 5.69 Å². The molecule has 0 bridgehead atoms. The lowest BCUT2D eigenvalue weighted by Crippen LogP contribution is -2.23. The number of aromatic nitrogens is 1. The average molecular weight is 467 g/mol. The molecule has 162 valence electrons. The largest absolute Gasteiger partial charge is 0.497 e. The van der Waals surface area contributed by atoms with E-state index in [1.54, 1.807) is 37.4 Å². The van der Waals surface area contributed by atoms with Gasteiger partial charge in [-0.05, 0) is 61.0 Å². The highest BCUT2D eigenvalue weighted by Gasteiger charge is 2.26. The minimum absolute atomic E-state index is 0.340. The van der Waals surface area contributed by atoms with Crippen LogP contribution in [0.15, 0.2) is 66.7 Å². The predicted octanol–water partition coefficient (Wildman–Crippen LogP) is 6.13. The lowest BCUT2D eigenvalue weighted by atomic mass is 10.1. The van der Waals surface area contributed by atoms with Gasteiger partial charge >= 0.3 is 0 Å². The van der Waals surface area contributed by atoms with Crippen molar-refractivity contribution in [3.05, 3.63) is 93.6 Å². The zero-order valence-corrected chi connectivity index (χ0v) is 19.0. The van der Waals surface area contributed by atoms with Crippen LogP contribution in [-0.2, 0) is 11.3 Å². The van der Waals surface area contributed by atoms with Crippen LogP contribution in [0, 0.1) is 6.92 Å². The Balaban J connectivity index is 1.77. The number of carbonyl (C=O) groups is 2. The maximum Gasteiger partial charge on any atom is 0.296 e. The van der Waals surface area contributed by atoms with Gasteiger partial charge in [0.2, 0.25) is 0 Å². The number of rotatable bonds is 6. The van der Waals surface area contributed by atoms with E-state index >= 15 is 0 Å². The number of ketones is 1. The fraction of sp³-hybridized carbons (Fsp3) is 0.120. The first kappa shape index (κ1) is 21.9. The highest BCUT2D eigenvalue weighted by atomic mass is 35.5. The van der Waals surface area contributed by atoms with E-state index in [4.69, 9.17) is 27.9 Å². The number of anilines is 1. The first-order valence-electron chi connectivity index (χ1n) is 9.90. The molecule has 0 atom stereocenters. The fourth-order valence-corrected chi connectivity index (χ4v) is 4.03. The van der Waals surface area contributed by atoms with Crippen molar-refractivity contribution in [3.8, 4) is 5.75 Å². The van der Waals surface area contributed by atoms with Crippen LogP contribution in [0.25, 0.3) is 10.9 Å². The molecule has 0 unspecified atom stereocenters. The van der Waals surface area contributed by atoms with Gasteiger partial charge < -0.3 is 14.6 Å². The summed E-state index contributed by atoms with van der Waals surface area (Å²) >= 11 is 12.0. The number of Topliss-reactive ketones (excluding diaryl/α,β-unsaturated/α-hetero) is 1. The maximum atomic E-state index is 13.3. The number of benzene rings is 3. The molecular formula is C25H20Cl2N2O3. The van der Waals surface area contributed by atoms with Crippen LogP contribution in [0.1, 0.15) is 21.6 Å². The monoisotopic (exact) mass is 466 g/mol. The van der Waals surface area contributed by atoms with E-state index in [0.717, 1.165) is 11.1 Å². The minimum atomic E-state index is -0.733. The molecule has 1 aromatic heterocycles. The molecule has 0 aliphatic heterocycles. The van der Waals surface area contributed by atoms with Gasteiger partial charge in [0.25, 0.3) is 11.7 Å². The van der Waals surface area contributed by atoms with Crippen molar-refractivity contribution in [2.45, 2.75) is 13.5 Å². The zero-order chi connectivity index (χ0) is 22.8. The lowest BCUT2D eigenvalue weighted by molar-refractivity contribution is -0.112. The minimum Gasteiger partial charge on any atom is -0.497 e. The Morgan fingerprint density at radius 1 is 0.969 bits per heavy atom. The van der Waals surface area contributed by atoms with E-state index < -0.39 is 11.7 Å². The number of methoxy groups -OCH3 is 1. The molecule has 0 aliphatic carbocycles. The van der Waals surface area contributed by atoms with Crippen LogP contribution < -0.4 is 10.1 Å². The van der Waals surface area contributed by atoms with Crippen molar-refractivity contribution in [1.29, 1.82) is 0 Å². The normalized spacial score (nSPS) is 10.9. The molecule has 0 saturated heterocycles. The second-order valence-electron chi connectivity index (χ2n) is 7.35. The summed E-state index contributed by atoms with van der Waals surface area (Å²) in [6.45, 7) is 2.36. The van der Waals surface area contributed by atoms with Crippen LogP contribution in [-0.4, -0.2) is 23.4 Å². The molecule has 3 aromatic carbocycles. The number of hydrogen-bond donors (Lipinski definition) is 1. The van der Waals surface area contributed by atoms with Crippen LogP contribution in [0.3, 0.4) is 0 Å². The van der Waals surface area contributed by atoms with Gasteiger partial charge in [-0.15, -0.1) is 0 Å². The average Bonchev–Trinajstić information content (AvgIpc) is 3.05. The quantitative estimate of drug-likeness (QED) is 0.274. The molecular weight excluding hydrogens is 447 g/mol. The topological polar surface area (TPSA) is 60.3 Å². The third-order valence-electron chi connectivity index (χ3n) is 5.30. The highest BCUT2D eigenvalue weighted by molar-refractivity contribution is 6.48. The van der Waals surface area contributed by atoms with E-state index in [-0.39, 0.29) is 0 Å². The SMILES string of the molecule is COc1ccc2c(c1)c(C(=O)C(=O)Nc1cccc(Cl)c1)c(C)n2Cc1ccc(Cl)cc1. The summed E-state index contributed by atoms with van der Waals surface area (Å²) in [6.07, 6.45) is 0. The predicted molar refractivity (Wildman–Crippen MR) is 128 cm³/mol. The second-order valence-corrected chi connectivity index (χ2v) is 8.22. The van der Waals surface area contributed by atoms with Crippen molar-refractivity contribution in [3.63, 3.8) is 0 Å². The number of amides is 1. The van der Waals surface area contributed by atoms with E-state index in [1.807, 2.05) is 47.9 Å². The molecule has 0 fully saturated rings. The standard InChI is InChI=1S/C25H20Cl2N2O3/c1-15-23(24(30)25(31)28-19-5-3-4-18(27)12-19)21-13-20(32-2)10-11-22(21)29(15)14-16-6-8-17(26)9-7-16/h3-13H,14H2,1-2H3,(H,28,31). The molecule has 4 rings (SSSR count). The Morgan fingerprint density at radius 2 is 1.72 bits per heavy atom. The first-order valence-corrected chi connectivity index (χ1v) is 10.7. The third kappa shape index (κ3) is 4.35. The summed E-state index contributed by atoms with van der Waals surface area (Å²) in [5.74, 6) is -0.759. The van der Waals surface area contributed by atoms with Crippen molar-refractivity contribution in [1.82, 2.24) is 4.57 Å². The summed E-state index contributed by atoms with van der Waals surface area (Å²) in [4.78, 5) is 26.1. The molecule has 4 aromatic rings. The van der Waals surface area contributed by atoms with Gasteiger partial charge in [-0.1, -0.05) is 41.4 Å². The van der Waals surface area contributed by atoms with Crippen molar-refractivity contribution in [2.75, 3.05) is 12.4 Å². The number of hydrogen-bond acceptors (Lipinski definition) is 3. The summed E-state index contributed by atoms with van der Waals surface area (Å²) < 4.78 is 7.37. The molecule has 0 spiro atoms. The van der Waals surface area contributed by atoms with E-state index in [0.29, 0.717) is 44.7 Å². The Kier molecular flexibility index (Phi) is 6.21. The maximum absolute atomic E-state index is 13.3. The molecule has 1 N–H and O–H groups in total. The van der Waals surface area contributed by atoms with Crippen molar-refractivity contribution < 1.29 is 14.3 Å². The third-order valence-corrected chi connectivity index (χ3v) is 5.79. The second kappa shape index (κ2) is 9.07. The molecule has 32 heavy (non-hydrogen) atoms. The van der Waals surface area contributed by atoms with Gasteiger partial charge in [0.1, 0.15) is 5.75 Å². The van der Waals surface area contributed by atoms with Crippen LogP contribution >= 0.6 is 23.2 Å². The number of halogens is 2. The Labute approximate surface area is 195 Å². The van der Waals surface area contributed by atoms with Gasteiger partial charge in [-0.3, -0.25) is 9.59 Å². The molecule has 0 aliphatic rings. The summed E-state index contributed by atoms with van der Waals surface area (Å²) in [6, 6.07) is 19.7. The smallest absolute Gasteiger partial charge is 0.296 e. The lowest BCUT2D eigenvalue weighted by Gasteiger charge is -2.09. The van der Waals surface area contributed by atoms with Crippen LogP contribution in [0.2, 0.25) is 10.0 Å². The van der Waals surface area contributed by atoms with Gasteiger partial charge in [-0.2, -0.15) is 0 Å². The van der Waals surface area contributed by atoms with Gasteiger partial charge in [0, 0.05) is 38.9 Å². The summed E-state index contributed by atoms with van der Waals surface area (Å²) in [7, 11) is 1.56. The molecule has 5 nitrogen and oxygen atoms in total. The Bertz CT molecular complexity index is 1330. The molecule has 0 saturated carbocycles. The van der Waals surface area contributed by atoms with E-state index in [2.05, 4.69) is 5.32 Å². The highest BCUT2D eigenvalue weighted by Crippen LogP contribution is 2.31. The molecule has 0 radical (unpaired) electrons.